The standard InChI is InChI=1S/C14H23N3O3S/c1-2-13(15)11-6-5-7-12(10-11)21(19,20)17-9-4-3-8-14(16)18/h5-7,10,13,17H,2-4,8-9,15H2,1H3,(H2,16,18). The van der Waals surface area contributed by atoms with Crippen LogP contribution in [0.2, 0.25) is 0 Å². The van der Waals surface area contributed by atoms with E-state index < -0.39 is 10.0 Å². The van der Waals surface area contributed by atoms with Crippen LogP contribution in [0, 0.1) is 0 Å². The number of benzene rings is 1. The molecule has 0 saturated heterocycles. The molecule has 21 heavy (non-hydrogen) atoms. The van der Waals surface area contributed by atoms with Gasteiger partial charge in [0.15, 0.2) is 0 Å². The molecule has 1 unspecified atom stereocenters. The van der Waals surface area contributed by atoms with E-state index in [1.54, 1.807) is 12.1 Å². The van der Waals surface area contributed by atoms with Gasteiger partial charge in [0.25, 0.3) is 0 Å². The third kappa shape index (κ3) is 5.82. The van der Waals surface area contributed by atoms with Gasteiger partial charge < -0.3 is 11.5 Å². The zero-order chi connectivity index (χ0) is 15.9. The van der Waals surface area contributed by atoms with Crippen molar-refractivity contribution in [3.8, 4) is 0 Å². The highest BCUT2D eigenvalue weighted by atomic mass is 32.2. The average molecular weight is 313 g/mol. The first kappa shape index (κ1) is 17.6. The van der Waals surface area contributed by atoms with Crippen LogP contribution in [0.4, 0.5) is 0 Å². The van der Waals surface area contributed by atoms with E-state index in [1.165, 1.54) is 6.07 Å². The zero-order valence-corrected chi connectivity index (χ0v) is 13.0. The largest absolute Gasteiger partial charge is 0.370 e. The van der Waals surface area contributed by atoms with Crippen molar-refractivity contribution in [2.75, 3.05) is 6.54 Å². The predicted octanol–water partition coefficient (Wildman–Crippen LogP) is 1.03. The number of primary amides is 1. The Labute approximate surface area is 126 Å². The summed E-state index contributed by atoms with van der Waals surface area (Å²) in [5.74, 6) is -0.376. The van der Waals surface area contributed by atoms with Crippen LogP contribution in [0.25, 0.3) is 0 Å². The third-order valence-electron chi connectivity index (χ3n) is 3.18. The minimum absolute atomic E-state index is 0.171. The van der Waals surface area contributed by atoms with Crippen LogP contribution in [0.5, 0.6) is 0 Å². The monoisotopic (exact) mass is 313 g/mol. The van der Waals surface area contributed by atoms with Crippen molar-refractivity contribution in [1.82, 2.24) is 4.72 Å². The number of unbranched alkanes of at least 4 members (excludes halogenated alkanes) is 1. The van der Waals surface area contributed by atoms with Crippen LogP contribution in [-0.2, 0) is 14.8 Å². The molecule has 7 heteroatoms. The Bertz CT molecular complexity index is 573. The maximum atomic E-state index is 12.1. The summed E-state index contributed by atoms with van der Waals surface area (Å²) in [6.45, 7) is 2.22. The molecule has 0 saturated carbocycles. The molecule has 1 atom stereocenters. The van der Waals surface area contributed by atoms with Crippen molar-refractivity contribution in [2.45, 2.75) is 43.5 Å². The van der Waals surface area contributed by atoms with E-state index in [4.69, 9.17) is 11.5 Å². The van der Waals surface area contributed by atoms with Crippen molar-refractivity contribution in [2.24, 2.45) is 11.5 Å². The van der Waals surface area contributed by atoms with Gasteiger partial charge in [-0.1, -0.05) is 19.1 Å². The van der Waals surface area contributed by atoms with E-state index in [0.29, 0.717) is 12.8 Å². The Kier molecular flexibility index (Phi) is 6.80. The molecule has 0 spiro atoms. The summed E-state index contributed by atoms with van der Waals surface area (Å²) < 4.78 is 26.8. The SMILES string of the molecule is CCC(N)c1cccc(S(=O)(=O)NCCCCC(N)=O)c1. The van der Waals surface area contributed by atoms with Crippen LogP contribution in [0.15, 0.2) is 29.2 Å². The molecule has 0 heterocycles. The predicted molar refractivity (Wildman–Crippen MR) is 81.9 cm³/mol. The molecule has 0 aliphatic rings. The Hall–Kier alpha value is -1.44. The fraction of sp³-hybridized carbons (Fsp3) is 0.500. The fourth-order valence-corrected chi connectivity index (χ4v) is 2.99. The van der Waals surface area contributed by atoms with Crippen molar-refractivity contribution in [3.05, 3.63) is 29.8 Å². The van der Waals surface area contributed by atoms with E-state index in [1.807, 2.05) is 13.0 Å². The second-order valence-corrected chi connectivity index (χ2v) is 6.68. The van der Waals surface area contributed by atoms with Gasteiger partial charge in [-0.05, 0) is 37.0 Å². The molecule has 0 aliphatic heterocycles. The van der Waals surface area contributed by atoms with Gasteiger partial charge >= 0.3 is 0 Å². The van der Waals surface area contributed by atoms with Gasteiger partial charge in [0.1, 0.15) is 0 Å². The van der Waals surface area contributed by atoms with E-state index in [2.05, 4.69) is 4.72 Å². The molecule has 0 aromatic heterocycles. The summed E-state index contributed by atoms with van der Waals surface area (Å²) in [4.78, 5) is 10.8. The molecule has 0 aliphatic carbocycles. The van der Waals surface area contributed by atoms with Crippen LogP contribution < -0.4 is 16.2 Å². The first-order valence-electron chi connectivity index (χ1n) is 7.00. The van der Waals surface area contributed by atoms with Crippen LogP contribution in [0.1, 0.15) is 44.2 Å². The van der Waals surface area contributed by atoms with Crippen LogP contribution >= 0.6 is 0 Å². The molecular formula is C14H23N3O3S. The van der Waals surface area contributed by atoms with Gasteiger partial charge in [0, 0.05) is 19.0 Å². The molecule has 6 nitrogen and oxygen atoms in total. The van der Waals surface area contributed by atoms with E-state index >= 15 is 0 Å². The van der Waals surface area contributed by atoms with Gasteiger partial charge in [0.2, 0.25) is 15.9 Å². The average Bonchev–Trinajstić information content (AvgIpc) is 2.45. The lowest BCUT2D eigenvalue weighted by Gasteiger charge is -2.12. The highest BCUT2D eigenvalue weighted by Crippen LogP contribution is 2.18. The first-order chi connectivity index (χ1) is 9.86. The lowest BCUT2D eigenvalue weighted by atomic mass is 10.1. The van der Waals surface area contributed by atoms with Crippen molar-refractivity contribution < 1.29 is 13.2 Å². The first-order valence-corrected chi connectivity index (χ1v) is 8.48. The Morgan fingerprint density at radius 3 is 2.67 bits per heavy atom. The van der Waals surface area contributed by atoms with Gasteiger partial charge in [-0.3, -0.25) is 4.79 Å². The van der Waals surface area contributed by atoms with Crippen molar-refractivity contribution in [3.63, 3.8) is 0 Å². The molecular weight excluding hydrogens is 290 g/mol. The van der Waals surface area contributed by atoms with Gasteiger partial charge in [0.05, 0.1) is 4.90 Å². The Morgan fingerprint density at radius 2 is 2.05 bits per heavy atom. The molecule has 5 N–H and O–H groups in total. The number of rotatable bonds is 9. The number of hydrogen-bond acceptors (Lipinski definition) is 4. The number of amides is 1. The summed E-state index contributed by atoms with van der Waals surface area (Å²) in [6.07, 6.45) is 2.14. The number of hydrogen-bond donors (Lipinski definition) is 3. The second-order valence-electron chi connectivity index (χ2n) is 4.91. The van der Waals surface area contributed by atoms with Crippen molar-refractivity contribution in [1.29, 1.82) is 0 Å². The minimum Gasteiger partial charge on any atom is -0.370 e. The maximum absolute atomic E-state index is 12.1. The molecule has 1 rings (SSSR count). The molecule has 1 amide bonds. The third-order valence-corrected chi connectivity index (χ3v) is 4.64. The van der Waals surface area contributed by atoms with Gasteiger partial charge in [-0.2, -0.15) is 0 Å². The van der Waals surface area contributed by atoms with Gasteiger partial charge in [-0.15, -0.1) is 0 Å². The zero-order valence-electron chi connectivity index (χ0n) is 12.2. The number of nitrogens with two attached hydrogens (primary N) is 2. The van der Waals surface area contributed by atoms with E-state index in [0.717, 1.165) is 12.0 Å². The topological polar surface area (TPSA) is 115 Å². The van der Waals surface area contributed by atoms with Gasteiger partial charge in [-0.25, -0.2) is 13.1 Å². The molecule has 0 bridgehead atoms. The molecule has 0 fully saturated rings. The number of sulfonamides is 1. The number of nitrogens with one attached hydrogen (secondary N) is 1. The quantitative estimate of drug-likeness (QED) is 0.590. The number of carbonyl (C=O) groups is 1. The summed E-state index contributed by atoms with van der Waals surface area (Å²) in [7, 11) is -3.55. The molecule has 0 radical (unpaired) electrons. The Balaban J connectivity index is 2.64. The minimum atomic E-state index is -3.55. The summed E-state index contributed by atoms with van der Waals surface area (Å²) in [5.41, 5.74) is 11.7. The maximum Gasteiger partial charge on any atom is 0.240 e. The van der Waals surface area contributed by atoms with Crippen LogP contribution in [0.3, 0.4) is 0 Å². The number of carbonyl (C=O) groups excluding carboxylic acids is 1. The smallest absolute Gasteiger partial charge is 0.240 e. The van der Waals surface area contributed by atoms with E-state index in [9.17, 15) is 13.2 Å². The van der Waals surface area contributed by atoms with E-state index in [-0.39, 0.29) is 29.8 Å². The molecule has 1 aromatic carbocycles. The highest BCUT2D eigenvalue weighted by Gasteiger charge is 2.15. The molecule has 118 valence electrons. The second kappa shape index (κ2) is 8.11. The highest BCUT2D eigenvalue weighted by molar-refractivity contribution is 7.89. The normalized spacial score (nSPS) is 13.0. The molecule has 1 aromatic rings. The van der Waals surface area contributed by atoms with Crippen molar-refractivity contribution >= 4 is 15.9 Å². The summed E-state index contributed by atoms with van der Waals surface area (Å²) in [5, 5.41) is 0. The Morgan fingerprint density at radius 1 is 1.33 bits per heavy atom. The summed E-state index contributed by atoms with van der Waals surface area (Å²) >= 11 is 0. The summed E-state index contributed by atoms with van der Waals surface area (Å²) in [6, 6.07) is 6.47. The fourth-order valence-electron chi connectivity index (χ4n) is 1.86. The van der Waals surface area contributed by atoms with Crippen LogP contribution in [-0.4, -0.2) is 20.9 Å². The lowest BCUT2D eigenvalue weighted by molar-refractivity contribution is -0.118. The lowest BCUT2D eigenvalue weighted by Crippen LogP contribution is -2.25.